The van der Waals surface area contributed by atoms with Crippen LogP contribution in [-0.4, -0.2) is 40.1 Å². The summed E-state index contributed by atoms with van der Waals surface area (Å²) in [5.41, 5.74) is 1.92. The molecule has 38 heavy (non-hydrogen) atoms. The zero-order valence-electron chi connectivity index (χ0n) is 24.6. The number of esters is 1. The Hall–Kier alpha value is -1.95. The van der Waals surface area contributed by atoms with Crippen LogP contribution in [0.2, 0.25) is 0 Å². The Morgan fingerprint density at radius 3 is 2.34 bits per heavy atom. The van der Waals surface area contributed by atoms with Crippen molar-refractivity contribution in [2.75, 3.05) is 0 Å². The number of fused-ring (bicyclic) bond motifs is 4. The quantitative estimate of drug-likeness (QED) is 0.311. The second kappa shape index (κ2) is 9.60. The number of ether oxygens (including phenoxy) is 1. The maximum Gasteiger partial charge on any atom is 0.330 e. The van der Waals surface area contributed by atoms with Crippen molar-refractivity contribution in [2.45, 2.75) is 119 Å². The minimum absolute atomic E-state index is 0.0245. The zero-order valence-corrected chi connectivity index (χ0v) is 24.6. The van der Waals surface area contributed by atoms with Crippen molar-refractivity contribution < 1.29 is 29.3 Å². The van der Waals surface area contributed by atoms with Gasteiger partial charge in [-0.3, -0.25) is 9.59 Å². The smallest absolute Gasteiger partial charge is 0.330 e. The van der Waals surface area contributed by atoms with Crippen LogP contribution < -0.4 is 0 Å². The van der Waals surface area contributed by atoms with Crippen LogP contribution in [0.1, 0.15) is 107 Å². The number of carbonyl (C=O) groups excluding carboxylic acids is 2. The first-order valence-electron chi connectivity index (χ1n) is 14.5. The van der Waals surface area contributed by atoms with Crippen molar-refractivity contribution in [3.63, 3.8) is 0 Å². The van der Waals surface area contributed by atoms with E-state index in [0.29, 0.717) is 12.8 Å². The molecule has 2 N–H and O–H groups in total. The molecule has 0 heterocycles. The van der Waals surface area contributed by atoms with E-state index in [1.165, 1.54) is 12.5 Å². The number of aliphatic hydroxyl groups excluding tert-OH is 1. The number of aliphatic hydroxyl groups is 1. The number of ketones is 1. The van der Waals surface area contributed by atoms with Crippen LogP contribution >= 0.6 is 0 Å². The van der Waals surface area contributed by atoms with Gasteiger partial charge in [-0.25, -0.2) is 4.79 Å². The number of carboxylic acid groups (broad SMARTS) is 1. The Bertz CT molecular complexity index is 1080. The summed E-state index contributed by atoms with van der Waals surface area (Å²) in [4.78, 5) is 37.4. The molecule has 6 nitrogen and oxygen atoms in total. The lowest BCUT2D eigenvalue weighted by atomic mass is 9.43. The highest BCUT2D eigenvalue weighted by atomic mass is 16.5. The van der Waals surface area contributed by atoms with Gasteiger partial charge in [0, 0.05) is 36.3 Å². The molecule has 6 heteroatoms. The van der Waals surface area contributed by atoms with Gasteiger partial charge in [0.2, 0.25) is 0 Å². The Morgan fingerprint density at radius 2 is 1.74 bits per heavy atom. The molecule has 0 spiro atoms. The molecule has 0 radical (unpaired) electrons. The molecule has 2 fully saturated rings. The number of carboxylic acids is 1. The second-order valence-corrected chi connectivity index (χ2v) is 14.2. The second-order valence-electron chi connectivity index (χ2n) is 14.2. The lowest BCUT2D eigenvalue weighted by Crippen LogP contribution is -2.57. The summed E-state index contributed by atoms with van der Waals surface area (Å²) in [5, 5.41) is 20.1. The van der Waals surface area contributed by atoms with Crippen LogP contribution in [-0.2, 0) is 19.1 Å². The molecular formula is C32H48O6. The van der Waals surface area contributed by atoms with Gasteiger partial charge in [-0.05, 0) is 79.4 Å². The normalized spacial score (nSPS) is 40.1. The van der Waals surface area contributed by atoms with Gasteiger partial charge >= 0.3 is 11.9 Å². The highest BCUT2D eigenvalue weighted by molar-refractivity contribution is 5.99. The molecular weight excluding hydrogens is 480 g/mol. The first-order valence-corrected chi connectivity index (χ1v) is 14.5. The first kappa shape index (κ1) is 29.0. The minimum atomic E-state index is -0.965. The van der Waals surface area contributed by atoms with Crippen molar-refractivity contribution >= 4 is 17.7 Å². The Balaban J connectivity index is 1.71. The van der Waals surface area contributed by atoms with E-state index in [0.717, 1.165) is 44.1 Å². The van der Waals surface area contributed by atoms with Gasteiger partial charge in [0.1, 0.15) is 6.10 Å². The summed E-state index contributed by atoms with van der Waals surface area (Å²) in [6.45, 7) is 16.4. The summed E-state index contributed by atoms with van der Waals surface area (Å²) in [7, 11) is 0. The van der Waals surface area contributed by atoms with E-state index in [9.17, 15) is 24.6 Å². The number of allylic oxidation sites excluding steroid dienone is 2. The molecule has 0 bridgehead atoms. The van der Waals surface area contributed by atoms with E-state index >= 15 is 0 Å². The topological polar surface area (TPSA) is 101 Å². The molecule has 0 aromatic rings. The van der Waals surface area contributed by atoms with E-state index in [2.05, 4.69) is 41.5 Å². The molecule has 4 aliphatic carbocycles. The van der Waals surface area contributed by atoms with Crippen molar-refractivity contribution in [1.82, 2.24) is 0 Å². The van der Waals surface area contributed by atoms with Crippen LogP contribution in [0.3, 0.4) is 0 Å². The average Bonchev–Trinajstić information content (AvgIpc) is 3.11. The van der Waals surface area contributed by atoms with E-state index in [-0.39, 0.29) is 62.8 Å². The van der Waals surface area contributed by atoms with Crippen molar-refractivity contribution in [1.29, 1.82) is 0 Å². The molecule has 0 saturated heterocycles. The third kappa shape index (κ3) is 4.20. The highest BCUT2D eigenvalue weighted by Gasteiger charge is 2.65. The van der Waals surface area contributed by atoms with Crippen LogP contribution in [0.15, 0.2) is 22.8 Å². The lowest BCUT2D eigenvalue weighted by molar-refractivity contribution is -0.151. The molecule has 0 aliphatic heterocycles. The fraction of sp³-hybridized carbons (Fsp3) is 0.781. The van der Waals surface area contributed by atoms with Crippen molar-refractivity contribution in [3.05, 3.63) is 22.8 Å². The van der Waals surface area contributed by atoms with E-state index in [1.54, 1.807) is 13.0 Å². The van der Waals surface area contributed by atoms with Crippen molar-refractivity contribution in [2.24, 2.45) is 39.4 Å². The number of Topliss-reactive ketones (excluding diaryl/α,β-unsaturated/α-hetero) is 1. The Morgan fingerprint density at radius 1 is 1.08 bits per heavy atom. The maximum atomic E-state index is 14.0. The Kier molecular flexibility index (Phi) is 7.34. The van der Waals surface area contributed by atoms with Gasteiger partial charge in [-0.2, -0.15) is 0 Å². The predicted molar refractivity (Wildman–Crippen MR) is 146 cm³/mol. The van der Waals surface area contributed by atoms with Gasteiger partial charge in [0.25, 0.3) is 0 Å². The minimum Gasteiger partial charge on any atom is -0.478 e. The number of aliphatic carboxylic acids is 1. The third-order valence-electron chi connectivity index (χ3n) is 12.1. The summed E-state index contributed by atoms with van der Waals surface area (Å²) >= 11 is 0. The van der Waals surface area contributed by atoms with E-state index in [1.807, 2.05) is 0 Å². The highest BCUT2D eigenvalue weighted by Crippen LogP contribution is 2.72. The van der Waals surface area contributed by atoms with Gasteiger partial charge in [0.15, 0.2) is 5.78 Å². The third-order valence-corrected chi connectivity index (χ3v) is 12.1. The summed E-state index contributed by atoms with van der Waals surface area (Å²) in [6, 6.07) is 0. The lowest BCUT2D eigenvalue weighted by Gasteiger charge is -2.61. The van der Waals surface area contributed by atoms with Crippen LogP contribution in [0.5, 0.6) is 0 Å². The summed E-state index contributed by atoms with van der Waals surface area (Å²) < 4.78 is 5.78. The largest absolute Gasteiger partial charge is 0.478 e. The fourth-order valence-corrected chi connectivity index (χ4v) is 9.46. The fourth-order valence-electron chi connectivity index (χ4n) is 9.46. The number of hydrogen-bond acceptors (Lipinski definition) is 5. The predicted octanol–water partition coefficient (Wildman–Crippen LogP) is 6.26. The monoisotopic (exact) mass is 528 g/mol. The SMILES string of the molecule is CC(=O)OC(CC=C(C)C(=O)O)C(C)C1CCC2(C)C3=C(CCC12C)C1(C)CCC(O)C(C)(C)C1CC3=O. The molecule has 0 aromatic heterocycles. The van der Waals surface area contributed by atoms with Gasteiger partial charge in [-0.1, -0.05) is 53.2 Å². The molecule has 8 unspecified atom stereocenters. The average molecular weight is 529 g/mol. The number of carbonyl (C=O) groups is 3. The summed E-state index contributed by atoms with van der Waals surface area (Å²) in [5.74, 6) is -0.641. The standard InChI is InChI=1S/C32H48O6/c1-18(28(36)37)9-10-24(38-20(3)33)19(2)21-11-16-32(8)27-22(12-15-31(21,32)7)30(6)14-13-26(35)29(4,5)25(30)17-23(27)34/h9,19,21,24-26,35H,10-17H2,1-8H3,(H,36,37). The van der Waals surface area contributed by atoms with Crippen molar-refractivity contribution in [3.8, 4) is 0 Å². The molecule has 2 saturated carbocycles. The van der Waals surface area contributed by atoms with Gasteiger partial charge < -0.3 is 14.9 Å². The van der Waals surface area contributed by atoms with Gasteiger partial charge in [-0.15, -0.1) is 0 Å². The maximum absolute atomic E-state index is 14.0. The van der Waals surface area contributed by atoms with Gasteiger partial charge in [0.05, 0.1) is 6.10 Å². The number of rotatable bonds is 6. The molecule has 0 amide bonds. The van der Waals surface area contributed by atoms with Crippen LogP contribution in [0, 0.1) is 39.4 Å². The molecule has 8 atom stereocenters. The molecule has 212 valence electrons. The number of hydrogen-bond donors (Lipinski definition) is 2. The Labute approximate surface area is 228 Å². The first-order chi connectivity index (χ1) is 17.5. The molecule has 4 aliphatic rings. The van der Waals surface area contributed by atoms with Crippen LogP contribution in [0.4, 0.5) is 0 Å². The molecule has 4 rings (SSSR count). The van der Waals surface area contributed by atoms with Crippen LogP contribution in [0.25, 0.3) is 0 Å². The molecule has 0 aromatic carbocycles. The summed E-state index contributed by atoms with van der Waals surface area (Å²) in [6.07, 6.45) is 7.17. The van der Waals surface area contributed by atoms with E-state index in [4.69, 9.17) is 4.74 Å². The van der Waals surface area contributed by atoms with E-state index < -0.39 is 12.1 Å². The zero-order chi connectivity index (χ0) is 28.4.